The van der Waals surface area contributed by atoms with Crippen molar-refractivity contribution in [3.8, 4) is 0 Å². The van der Waals surface area contributed by atoms with Gasteiger partial charge in [0.1, 0.15) is 0 Å². The van der Waals surface area contributed by atoms with Gasteiger partial charge in [0, 0.05) is 0 Å². The van der Waals surface area contributed by atoms with E-state index in [1.54, 1.807) is 0 Å². The van der Waals surface area contributed by atoms with Crippen LogP contribution in [0.15, 0.2) is 0 Å². The summed E-state index contributed by atoms with van der Waals surface area (Å²) in [7, 11) is 0. The number of carbonyl (C=O) groups is 2. The van der Waals surface area contributed by atoms with E-state index in [2.05, 4.69) is 0 Å². The molecule has 5 heteroatoms. The van der Waals surface area contributed by atoms with Gasteiger partial charge in [0.05, 0.1) is 0 Å². The van der Waals surface area contributed by atoms with Gasteiger partial charge in [-0.1, -0.05) is 22.6 Å². The Balaban J connectivity index is 3.83. The number of aliphatic carboxylic acids is 1. The van der Waals surface area contributed by atoms with E-state index >= 15 is 0 Å². The predicted molar refractivity (Wildman–Crippen MR) is 36.3 cm³/mol. The second-order valence-corrected chi connectivity index (χ2v) is 2.62. The van der Waals surface area contributed by atoms with Gasteiger partial charge >= 0.3 is 5.97 Å². The monoisotopic (exact) mass is 248 g/mol. The molecule has 0 aliphatic rings. The first-order valence-electron chi connectivity index (χ1n) is 1.62. The number of carbonyl (C=O) groups excluding carboxylic acids is 1. The van der Waals surface area contributed by atoms with E-state index in [4.69, 9.17) is 16.7 Å². The highest BCUT2D eigenvalue weighted by atomic mass is 127. The highest BCUT2D eigenvalue weighted by Crippen LogP contribution is 2.03. The molecule has 46 valence electrons. The second kappa shape index (κ2) is 3.24. The molecule has 3 nitrogen and oxygen atoms in total. The van der Waals surface area contributed by atoms with Crippen LogP contribution < -0.4 is 0 Å². The van der Waals surface area contributed by atoms with Crippen LogP contribution in [0.4, 0.5) is 0 Å². The van der Waals surface area contributed by atoms with Crippen LogP contribution in [0.1, 0.15) is 0 Å². The number of rotatable bonds is 2. The maximum atomic E-state index is 9.96. The third-order valence-corrected chi connectivity index (χ3v) is 2.10. The first-order chi connectivity index (χ1) is 3.55. The Kier molecular flexibility index (Phi) is 3.30. The fraction of sp³-hybridized carbons (Fsp3) is 0.333. The number of hydrogen-bond acceptors (Lipinski definition) is 2. The molecule has 0 spiro atoms. The fourth-order valence-electron chi connectivity index (χ4n) is 0.0971. The van der Waals surface area contributed by atoms with Crippen molar-refractivity contribution in [2.75, 3.05) is 0 Å². The molecule has 1 N–H and O–H groups in total. The van der Waals surface area contributed by atoms with Crippen molar-refractivity contribution in [3.63, 3.8) is 0 Å². The van der Waals surface area contributed by atoms with Crippen LogP contribution in [0.5, 0.6) is 0 Å². The third kappa shape index (κ3) is 2.46. The van der Waals surface area contributed by atoms with Gasteiger partial charge in [0.25, 0.3) is 0 Å². The van der Waals surface area contributed by atoms with Crippen molar-refractivity contribution in [3.05, 3.63) is 0 Å². The number of carboxylic acid groups (broad SMARTS) is 1. The molecule has 0 bridgehead atoms. The second-order valence-electron chi connectivity index (χ2n) is 1.00. The molecule has 0 heterocycles. The zero-order valence-electron chi connectivity index (χ0n) is 3.60. The van der Waals surface area contributed by atoms with Crippen LogP contribution in [0.3, 0.4) is 0 Å². The molecule has 0 saturated carbocycles. The first kappa shape index (κ1) is 8.16. The molecule has 0 fully saturated rings. The average molecular weight is 248 g/mol. The highest BCUT2D eigenvalue weighted by molar-refractivity contribution is 14.1. The van der Waals surface area contributed by atoms with E-state index in [1.165, 1.54) is 22.6 Å². The third-order valence-electron chi connectivity index (χ3n) is 0.416. The maximum absolute atomic E-state index is 9.96. The van der Waals surface area contributed by atoms with Crippen LogP contribution in [0.2, 0.25) is 0 Å². The van der Waals surface area contributed by atoms with E-state index in [-0.39, 0.29) is 0 Å². The minimum Gasteiger partial charge on any atom is -0.480 e. The van der Waals surface area contributed by atoms with Crippen molar-refractivity contribution in [2.45, 2.75) is 3.92 Å². The van der Waals surface area contributed by atoms with Crippen LogP contribution in [-0.2, 0) is 9.59 Å². The predicted octanol–water partition coefficient (Wildman–Crippen LogP) is 0.640. The molecule has 8 heavy (non-hydrogen) atoms. The lowest BCUT2D eigenvalue weighted by Gasteiger charge is -1.92. The van der Waals surface area contributed by atoms with Crippen LogP contribution >= 0.6 is 34.2 Å². The Bertz CT molecular complexity index is 110. The SMILES string of the molecule is O=C(O)C(I)C(=O)Cl. The molecule has 0 radical (unpaired) electrons. The van der Waals surface area contributed by atoms with Gasteiger partial charge in [-0.15, -0.1) is 0 Å². The van der Waals surface area contributed by atoms with Gasteiger partial charge in [-0.3, -0.25) is 9.59 Å². The molecule has 1 atom stereocenters. The highest BCUT2D eigenvalue weighted by Gasteiger charge is 2.19. The molecule has 0 saturated heterocycles. The summed E-state index contributed by atoms with van der Waals surface area (Å²) in [6.07, 6.45) is 0. The summed E-state index contributed by atoms with van der Waals surface area (Å²) in [6.45, 7) is 0. The van der Waals surface area contributed by atoms with Gasteiger partial charge in [-0.2, -0.15) is 0 Å². The Hall–Kier alpha value is 0.160. The molecular formula is C3H2ClIO3. The van der Waals surface area contributed by atoms with Crippen molar-refractivity contribution in [2.24, 2.45) is 0 Å². The van der Waals surface area contributed by atoms with Crippen LogP contribution in [-0.4, -0.2) is 20.2 Å². The molecule has 1 unspecified atom stereocenters. The lowest BCUT2D eigenvalue weighted by Crippen LogP contribution is -2.18. The van der Waals surface area contributed by atoms with Crippen molar-refractivity contribution < 1.29 is 14.7 Å². The normalized spacial score (nSPS) is 12.8. The zero-order valence-corrected chi connectivity index (χ0v) is 6.51. The Labute approximate surface area is 64.2 Å². The molecule has 0 aromatic heterocycles. The quantitative estimate of drug-likeness (QED) is 0.338. The van der Waals surface area contributed by atoms with Crippen molar-refractivity contribution >= 4 is 45.4 Å². The maximum Gasteiger partial charge on any atom is 0.325 e. The minimum absolute atomic E-state index is 0.849. The molecule has 0 rings (SSSR count). The average Bonchev–Trinajstić information content (AvgIpc) is 1.64. The van der Waals surface area contributed by atoms with E-state index in [0.29, 0.717) is 0 Å². The number of halogens is 2. The van der Waals surface area contributed by atoms with E-state index in [0.717, 1.165) is 0 Å². The lowest BCUT2D eigenvalue weighted by molar-refractivity contribution is -0.137. The number of hydrogen-bond donors (Lipinski definition) is 1. The fourth-order valence-corrected chi connectivity index (χ4v) is 0.190. The Morgan fingerprint density at radius 3 is 2.00 bits per heavy atom. The summed E-state index contributed by atoms with van der Waals surface area (Å²) in [5.41, 5.74) is 0. The standard InChI is InChI=1S/C3H2ClIO3/c4-2(6)1(5)3(7)8/h1H,(H,7,8). The molecular weight excluding hydrogens is 246 g/mol. The summed E-state index contributed by atoms with van der Waals surface area (Å²) in [5.74, 6) is -1.20. The summed E-state index contributed by atoms with van der Waals surface area (Å²) in [5, 5.41) is 7.19. The summed E-state index contributed by atoms with van der Waals surface area (Å²) < 4.78 is -1.12. The lowest BCUT2D eigenvalue weighted by atomic mass is 10.5. The largest absolute Gasteiger partial charge is 0.480 e. The van der Waals surface area contributed by atoms with Gasteiger partial charge in [-0.25, -0.2) is 0 Å². The van der Waals surface area contributed by atoms with Crippen molar-refractivity contribution in [1.29, 1.82) is 0 Å². The van der Waals surface area contributed by atoms with E-state index in [1.807, 2.05) is 0 Å². The zero-order chi connectivity index (χ0) is 6.73. The van der Waals surface area contributed by atoms with Crippen LogP contribution in [0, 0.1) is 0 Å². The summed E-state index contributed by atoms with van der Waals surface area (Å²) >= 11 is 6.24. The van der Waals surface area contributed by atoms with Crippen LogP contribution in [0.25, 0.3) is 0 Å². The molecule has 0 aliphatic heterocycles. The summed E-state index contributed by atoms with van der Waals surface area (Å²) in [4.78, 5) is 19.8. The van der Waals surface area contributed by atoms with E-state index < -0.39 is 15.1 Å². The van der Waals surface area contributed by atoms with Gasteiger partial charge in [0.2, 0.25) is 5.24 Å². The Morgan fingerprint density at radius 1 is 1.62 bits per heavy atom. The first-order valence-corrected chi connectivity index (χ1v) is 3.24. The van der Waals surface area contributed by atoms with Gasteiger partial charge in [-0.05, 0) is 11.6 Å². The van der Waals surface area contributed by atoms with E-state index in [9.17, 15) is 9.59 Å². The number of carboxylic acids is 1. The topological polar surface area (TPSA) is 54.4 Å². The molecule has 0 aromatic rings. The smallest absolute Gasteiger partial charge is 0.325 e. The minimum atomic E-state index is -1.20. The summed E-state index contributed by atoms with van der Waals surface area (Å²) in [6, 6.07) is 0. The molecule has 0 aliphatic carbocycles. The molecule has 0 amide bonds. The van der Waals surface area contributed by atoms with Gasteiger partial charge in [0.15, 0.2) is 3.92 Å². The Morgan fingerprint density at radius 2 is 2.00 bits per heavy atom. The van der Waals surface area contributed by atoms with Gasteiger partial charge < -0.3 is 5.11 Å². The van der Waals surface area contributed by atoms with Crippen molar-refractivity contribution in [1.82, 2.24) is 0 Å². The molecule has 0 aromatic carbocycles. The number of alkyl halides is 1.